The number of methoxy groups -OCH3 is 1. The van der Waals surface area contributed by atoms with Gasteiger partial charge in [0.05, 0.1) is 28.8 Å². The molecule has 1 aliphatic heterocycles. The Kier molecular flexibility index (Phi) is 9.65. The molecule has 3 atom stereocenters. The molecule has 6 nitrogen and oxygen atoms in total. The van der Waals surface area contributed by atoms with Crippen LogP contribution in [-0.2, 0) is 11.2 Å². The average Bonchev–Trinajstić information content (AvgIpc) is 2.89. The number of piperidine rings is 1. The van der Waals surface area contributed by atoms with Crippen molar-refractivity contribution in [1.29, 1.82) is 0 Å². The molecule has 1 fully saturated rings. The highest BCUT2D eigenvalue weighted by atomic mass is 35.5. The second kappa shape index (κ2) is 12.9. The van der Waals surface area contributed by atoms with Crippen molar-refractivity contribution in [3.8, 4) is 5.75 Å². The van der Waals surface area contributed by atoms with Crippen LogP contribution in [0.25, 0.3) is 10.9 Å². The van der Waals surface area contributed by atoms with Crippen molar-refractivity contribution >= 4 is 40.1 Å². The van der Waals surface area contributed by atoms with E-state index in [4.69, 9.17) is 27.9 Å². The van der Waals surface area contributed by atoms with E-state index in [1.807, 2.05) is 36.4 Å². The first-order valence-electron chi connectivity index (χ1n) is 12.8. The molecule has 198 valence electrons. The fourth-order valence-electron chi connectivity index (χ4n) is 5.52. The fraction of sp³-hybridized carbons (Fsp3) is 0.448. The number of carboxylic acid groups (broad SMARTS) is 1. The summed E-state index contributed by atoms with van der Waals surface area (Å²) in [5.41, 5.74) is 2.69. The third-order valence-corrected chi connectivity index (χ3v) is 8.37. The van der Waals surface area contributed by atoms with Gasteiger partial charge in [-0.3, -0.25) is 9.78 Å². The minimum absolute atomic E-state index is 0.0579. The van der Waals surface area contributed by atoms with Crippen molar-refractivity contribution in [1.82, 2.24) is 9.88 Å². The normalized spacial score (nSPS) is 19.1. The number of aromatic nitrogens is 1. The standard InChI is InChI=1S/C29H34Cl2N2O4/c1-37-22-8-9-26-24(17-22)23(11-13-32-26)27(34)10-7-19-12-15-33(18-21(19)16-28(35)36)14-3-5-20-4-2-6-25(30)29(20)31/h2,4,6,8-9,11,13,17,19,21,27,34H,3,5,7,10,12,14-16,18H2,1H3,(H,35,36)/t19-,21+,27-/m1/s1. The number of aryl methyl sites for hydroxylation is 1. The smallest absolute Gasteiger partial charge is 0.303 e. The van der Waals surface area contributed by atoms with Gasteiger partial charge in [-0.2, -0.15) is 0 Å². The number of aliphatic hydroxyl groups is 1. The lowest BCUT2D eigenvalue weighted by Crippen LogP contribution is -2.42. The molecule has 1 saturated heterocycles. The SMILES string of the molecule is COc1ccc2nccc([C@H](O)CC[C@@H]3CCN(CCCc4cccc(Cl)c4Cl)C[C@@H]3CC(=O)O)c2c1. The van der Waals surface area contributed by atoms with Gasteiger partial charge >= 0.3 is 5.97 Å². The Labute approximate surface area is 228 Å². The molecule has 0 bridgehead atoms. The maximum absolute atomic E-state index is 11.6. The van der Waals surface area contributed by atoms with Crippen LogP contribution in [0.15, 0.2) is 48.7 Å². The molecule has 8 heteroatoms. The second-order valence-electron chi connectivity index (χ2n) is 9.90. The molecular weight excluding hydrogens is 511 g/mol. The number of ether oxygens (including phenoxy) is 1. The van der Waals surface area contributed by atoms with E-state index in [-0.39, 0.29) is 18.3 Å². The van der Waals surface area contributed by atoms with E-state index in [2.05, 4.69) is 9.88 Å². The van der Waals surface area contributed by atoms with E-state index in [9.17, 15) is 15.0 Å². The molecule has 2 heterocycles. The summed E-state index contributed by atoms with van der Waals surface area (Å²) in [7, 11) is 1.62. The number of hydrogen-bond donors (Lipinski definition) is 2. The summed E-state index contributed by atoms with van der Waals surface area (Å²) < 4.78 is 5.36. The van der Waals surface area contributed by atoms with Crippen molar-refractivity contribution in [3.05, 3.63) is 69.8 Å². The zero-order chi connectivity index (χ0) is 26.4. The Bertz CT molecular complexity index is 1220. The molecule has 2 N–H and O–H groups in total. The van der Waals surface area contributed by atoms with Crippen LogP contribution in [0.4, 0.5) is 0 Å². The van der Waals surface area contributed by atoms with Crippen LogP contribution in [0.2, 0.25) is 10.0 Å². The molecule has 0 aliphatic carbocycles. The number of fused-ring (bicyclic) bond motifs is 1. The van der Waals surface area contributed by atoms with Gasteiger partial charge in [0, 0.05) is 24.5 Å². The third kappa shape index (κ3) is 7.14. The van der Waals surface area contributed by atoms with Crippen LogP contribution in [0, 0.1) is 11.8 Å². The Hall–Kier alpha value is -2.38. The molecule has 4 rings (SSSR count). The van der Waals surface area contributed by atoms with E-state index in [1.54, 1.807) is 19.4 Å². The first-order valence-corrected chi connectivity index (χ1v) is 13.6. The van der Waals surface area contributed by atoms with Gasteiger partial charge in [-0.05, 0) is 98.5 Å². The van der Waals surface area contributed by atoms with Gasteiger partial charge in [0.15, 0.2) is 0 Å². The molecule has 0 amide bonds. The fourth-order valence-corrected chi connectivity index (χ4v) is 5.94. The third-order valence-electron chi connectivity index (χ3n) is 7.52. The number of halogens is 2. The summed E-state index contributed by atoms with van der Waals surface area (Å²) in [4.78, 5) is 18.4. The molecule has 0 spiro atoms. The Morgan fingerprint density at radius 3 is 2.84 bits per heavy atom. The minimum atomic E-state index is -0.768. The monoisotopic (exact) mass is 544 g/mol. The van der Waals surface area contributed by atoms with Crippen LogP contribution in [0.1, 0.15) is 49.3 Å². The minimum Gasteiger partial charge on any atom is -0.497 e. The summed E-state index contributed by atoms with van der Waals surface area (Å²) in [6.45, 7) is 2.57. The lowest BCUT2D eigenvalue weighted by atomic mass is 9.79. The number of pyridine rings is 1. The highest BCUT2D eigenvalue weighted by Gasteiger charge is 2.31. The molecular formula is C29H34Cl2N2O4. The number of benzene rings is 2. The lowest BCUT2D eigenvalue weighted by Gasteiger charge is -2.38. The summed E-state index contributed by atoms with van der Waals surface area (Å²) >= 11 is 12.5. The van der Waals surface area contributed by atoms with Crippen LogP contribution in [0.5, 0.6) is 5.75 Å². The predicted octanol–water partition coefficient (Wildman–Crippen LogP) is 6.41. The van der Waals surface area contributed by atoms with E-state index in [0.29, 0.717) is 16.5 Å². The largest absolute Gasteiger partial charge is 0.497 e. The number of aliphatic hydroxyl groups excluding tert-OH is 1. The zero-order valence-corrected chi connectivity index (χ0v) is 22.6. The van der Waals surface area contributed by atoms with Crippen molar-refractivity contribution in [3.63, 3.8) is 0 Å². The Balaban J connectivity index is 1.35. The number of carboxylic acids is 1. The number of hydrogen-bond acceptors (Lipinski definition) is 5. The topological polar surface area (TPSA) is 82.9 Å². The molecule has 3 aromatic rings. The molecule has 0 saturated carbocycles. The maximum atomic E-state index is 11.6. The Morgan fingerprint density at radius 2 is 2.05 bits per heavy atom. The number of likely N-dealkylation sites (tertiary alicyclic amines) is 1. The van der Waals surface area contributed by atoms with Crippen molar-refractivity contribution < 1.29 is 19.7 Å². The van der Waals surface area contributed by atoms with Crippen LogP contribution < -0.4 is 4.74 Å². The number of carbonyl (C=O) groups is 1. The van der Waals surface area contributed by atoms with E-state index in [0.717, 1.165) is 73.1 Å². The van der Waals surface area contributed by atoms with Gasteiger partial charge in [0.1, 0.15) is 5.75 Å². The number of nitrogens with zero attached hydrogens (tertiary/aromatic N) is 2. The highest BCUT2D eigenvalue weighted by molar-refractivity contribution is 6.42. The highest BCUT2D eigenvalue weighted by Crippen LogP contribution is 2.35. The van der Waals surface area contributed by atoms with E-state index < -0.39 is 12.1 Å². The summed E-state index contributed by atoms with van der Waals surface area (Å²) in [5.74, 6) is 0.269. The summed E-state index contributed by atoms with van der Waals surface area (Å²) in [6.07, 6.45) is 5.25. The Morgan fingerprint density at radius 1 is 1.22 bits per heavy atom. The number of rotatable bonds is 11. The van der Waals surface area contributed by atoms with Gasteiger partial charge in [-0.15, -0.1) is 0 Å². The van der Waals surface area contributed by atoms with Gasteiger partial charge in [-0.25, -0.2) is 0 Å². The zero-order valence-electron chi connectivity index (χ0n) is 21.1. The van der Waals surface area contributed by atoms with E-state index in [1.165, 1.54) is 0 Å². The summed E-state index contributed by atoms with van der Waals surface area (Å²) in [6, 6.07) is 13.2. The van der Waals surface area contributed by atoms with Crippen molar-refractivity contribution in [2.75, 3.05) is 26.7 Å². The van der Waals surface area contributed by atoms with Gasteiger partial charge in [-0.1, -0.05) is 35.3 Å². The molecule has 0 unspecified atom stereocenters. The van der Waals surface area contributed by atoms with Crippen molar-refractivity contribution in [2.24, 2.45) is 11.8 Å². The van der Waals surface area contributed by atoms with Gasteiger partial charge in [0.25, 0.3) is 0 Å². The van der Waals surface area contributed by atoms with Gasteiger partial charge < -0.3 is 19.8 Å². The number of aliphatic carboxylic acids is 1. The first kappa shape index (κ1) is 27.6. The van der Waals surface area contributed by atoms with Crippen LogP contribution in [-0.4, -0.2) is 52.8 Å². The van der Waals surface area contributed by atoms with E-state index >= 15 is 0 Å². The van der Waals surface area contributed by atoms with Crippen LogP contribution >= 0.6 is 23.2 Å². The molecule has 0 radical (unpaired) electrons. The maximum Gasteiger partial charge on any atom is 0.303 e. The summed E-state index contributed by atoms with van der Waals surface area (Å²) in [5, 5.41) is 22.7. The molecule has 1 aliphatic rings. The molecule has 2 aromatic carbocycles. The van der Waals surface area contributed by atoms with Crippen molar-refractivity contribution in [2.45, 2.75) is 44.6 Å². The lowest BCUT2D eigenvalue weighted by molar-refractivity contribution is -0.139. The first-order chi connectivity index (χ1) is 17.9. The quantitative estimate of drug-likeness (QED) is 0.290. The molecule has 37 heavy (non-hydrogen) atoms. The average molecular weight is 546 g/mol. The predicted molar refractivity (Wildman–Crippen MR) is 148 cm³/mol. The van der Waals surface area contributed by atoms with Gasteiger partial charge in [0.2, 0.25) is 0 Å². The van der Waals surface area contributed by atoms with Crippen LogP contribution in [0.3, 0.4) is 0 Å². The molecule has 1 aromatic heterocycles. The second-order valence-corrected chi connectivity index (χ2v) is 10.7.